The monoisotopic (exact) mass is 331 g/mol. The average molecular weight is 332 g/mol. The smallest absolute Gasteiger partial charge is 0.319 e. The quantitative estimate of drug-likeness (QED) is 0.816. The lowest BCUT2D eigenvalue weighted by molar-refractivity contribution is 0.0375. The molecule has 0 atom stereocenters. The van der Waals surface area contributed by atoms with E-state index in [9.17, 15) is 4.79 Å². The van der Waals surface area contributed by atoms with Crippen LogP contribution in [0.5, 0.6) is 0 Å². The largest absolute Gasteiger partial charge is 0.379 e. The van der Waals surface area contributed by atoms with Gasteiger partial charge < -0.3 is 15.4 Å². The van der Waals surface area contributed by atoms with Crippen molar-refractivity contribution >= 4 is 34.9 Å². The van der Waals surface area contributed by atoms with Gasteiger partial charge >= 0.3 is 6.03 Å². The number of hydrogen-bond donors (Lipinski definition) is 2. The molecular weight excluding hydrogens is 313 g/mol. The molecule has 0 bridgehead atoms. The molecule has 0 aromatic heterocycles. The summed E-state index contributed by atoms with van der Waals surface area (Å²) in [5, 5.41) is 6.31. The number of hydrogen-bond acceptors (Lipinski definition) is 3. The Kier molecular flexibility index (Phi) is 6.57. The number of para-hydroxylation sites is 1. The Morgan fingerprint density at radius 1 is 1.24 bits per heavy atom. The van der Waals surface area contributed by atoms with Crippen molar-refractivity contribution < 1.29 is 9.53 Å². The fraction of sp³-hybridized carbons (Fsp3) is 0.500. The lowest BCUT2D eigenvalue weighted by Crippen LogP contribution is -2.38. The third kappa shape index (κ3) is 5.36. The van der Waals surface area contributed by atoms with Crippen LogP contribution in [0.3, 0.4) is 0 Å². The Morgan fingerprint density at radius 3 is 2.57 bits per heavy atom. The van der Waals surface area contributed by atoms with Gasteiger partial charge in [-0.2, -0.15) is 0 Å². The molecule has 1 heterocycles. The molecule has 1 aromatic carbocycles. The topological polar surface area (TPSA) is 53.6 Å². The molecule has 0 unspecified atom stereocenters. The number of carbonyl (C=O) groups excluding carboxylic acids is 1. The van der Waals surface area contributed by atoms with Gasteiger partial charge in [-0.25, -0.2) is 4.79 Å². The van der Waals surface area contributed by atoms with Gasteiger partial charge in [0.05, 0.1) is 28.9 Å². The first-order valence-corrected chi connectivity index (χ1v) is 7.71. The summed E-state index contributed by atoms with van der Waals surface area (Å²) in [6.07, 6.45) is 0.893. The van der Waals surface area contributed by atoms with E-state index in [1.807, 2.05) is 0 Å². The van der Waals surface area contributed by atoms with Crippen LogP contribution in [-0.2, 0) is 4.74 Å². The van der Waals surface area contributed by atoms with E-state index in [0.717, 1.165) is 39.3 Å². The highest BCUT2D eigenvalue weighted by atomic mass is 35.5. The number of halogens is 2. The van der Waals surface area contributed by atoms with Crippen molar-refractivity contribution in [1.82, 2.24) is 10.2 Å². The van der Waals surface area contributed by atoms with Gasteiger partial charge in [0.2, 0.25) is 0 Å². The predicted octanol–water partition coefficient (Wildman–Crippen LogP) is 2.84. The first-order chi connectivity index (χ1) is 10.2. The number of rotatable bonds is 5. The van der Waals surface area contributed by atoms with Crippen LogP contribution in [0.1, 0.15) is 6.42 Å². The molecule has 21 heavy (non-hydrogen) atoms. The molecule has 1 aliphatic heterocycles. The molecule has 5 nitrogen and oxygen atoms in total. The highest BCUT2D eigenvalue weighted by Crippen LogP contribution is 2.29. The van der Waals surface area contributed by atoms with Crippen LogP contribution in [0.2, 0.25) is 10.0 Å². The molecule has 2 N–H and O–H groups in total. The summed E-state index contributed by atoms with van der Waals surface area (Å²) < 4.78 is 5.29. The standard InChI is InChI=1S/C14H19Cl2N3O2/c15-11-3-1-4-12(16)13(11)18-14(20)17-5-2-6-19-7-9-21-10-8-19/h1,3-4H,2,5-10H2,(H2,17,18,20). The molecule has 2 amide bonds. The van der Waals surface area contributed by atoms with Crippen molar-refractivity contribution in [2.24, 2.45) is 0 Å². The molecule has 2 rings (SSSR count). The first kappa shape index (κ1) is 16.4. The first-order valence-electron chi connectivity index (χ1n) is 6.96. The third-order valence-electron chi connectivity index (χ3n) is 3.24. The molecule has 1 saturated heterocycles. The number of anilines is 1. The zero-order chi connectivity index (χ0) is 15.1. The van der Waals surface area contributed by atoms with E-state index in [-0.39, 0.29) is 6.03 Å². The van der Waals surface area contributed by atoms with Gasteiger partial charge in [0, 0.05) is 19.6 Å². The molecule has 1 aromatic rings. The number of nitrogens with one attached hydrogen (secondary N) is 2. The molecule has 1 fully saturated rings. The van der Waals surface area contributed by atoms with Gasteiger partial charge in [0.1, 0.15) is 0 Å². The highest BCUT2D eigenvalue weighted by molar-refractivity contribution is 6.39. The Morgan fingerprint density at radius 2 is 1.90 bits per heavy atom. The fourth-order valence-electron chi connectivity index (χ4n) is 2.10. The summed E-state index contributed by atoms with van der Waals surface area (Å²) >= 11 is 12.0. The van der Waals surface area contributed by atoms with E-state index in [2.05, 4.69) is 15.5 Å². The SMILES string of the molecule is O=C(NCCCN1CCOCC1)Nc1c(Cl)cccc1Cl. The molecule has 0 radical (unpaired) electrons. The van der Waals surface area contributed by atoms with Crippen LogP contribution >= 0.6 is 23.2 Å². The summed E-state index contributed by atoms with van der Waals surface area (Å²) in [7, 11) is 0. The van der Waals surface area contributed by atoms with Crippen molar-refractivity contribution in [3.8, 4) is 0 Å². The van der Waals surface area contributed by atoms with Crippen molar-refractivity contribution in [3.63, 3.8) is 0 Å². The van der Waals surface area contributed by atoms with Gasteiger partial charge in [0.15, 0.2) is 0 Å². The molecule has 0 spiro atoms. The maximum atomic E-state index is 11.8. The van der Waals surface area contributed by atoms with Crippen LogP contribution in [0, 0.1) is 0 Å². The molecule has 7 heteroatoms. The lowest BCUT2D eigenvalue weighted by atomic mass is 10.3. The van der Waals surface area contributed by atoms with Gasteiger partial charge in [-0.15, -0.1) is 0 Å². The Labute approximate surface area is 134 Å². The van der Waals surface area contributed by atoms with Gasteiger partial charge in [-0.1, -0.05) is 29.3 Å². The minimum absolute atomic E-state index is 0.299. The van der Waals surface area contributed by atoms with E-state index in [0.29, 0.717) is 22.3 Å². The predicted molar refractivity (Wildman–Crippen MR) is 85.4 cm³/mol. The molecular formula is C14H19Cl2N3O2. The van der Waals surface area contributed by atoms with E-state index >= 15 is 0 Å². The Balaban J connectivity index is 1.67. The normalized spacial score (nSPS) is 15.7. The summed E-state index contributed by atoms with van der Waals surface area (Å²) in [5.74, 6) is 0. The second-order valence-electron chi connectivity index (χ2n) is 4.79. The Bertz CT molecular complexity index is 459. The molecule has 0 saturated carbocycles. The van der Waals surface area contributed by atoms with Crippen molar-refractivity contribution in [2.75, 3.05) is 44.7 Å². The summed E-state index contributed by atoms with van der Waals surface area (Å²) in [6, 6.07) is 4.80. The van der Waals surface area contributed by atoms with Gasteiger partial charge in [-0.05, 0) is 25.1 Å². The number of ether oxygens (including phenoxy) is 1. The van der Waals surface area contributed by atoms with Gasteiger partial charge in [0.25, 0.3) is 0 Å². The van der Waals surface area contributed by atoms with Gasteiger partial charge in [-0.3, -0.25) is 4.90 Å². The van der Waals surface area contributed by atoms with E-state index in [1.54, 1.807) is 18.2 Å². The van der Waals surface area contributed by atoms with E-state index < -0.39 is 0 Å². The zero-order valence-corrected chi connectivity index (χ0v) is 13.2. The van der Waals surface area contributed by atoms with Crippen LogP contribution in [0.4, 0.5) is 10.5 Å². The van der Waals surface area contributed by atoms with Crippen LogP contribution < -0.4 is 10.6 Å². The summed E-state index contributed by atoms with van der Waals surface area (Å²) in [4.78, 5) is 14.1. The lowest BCUT2D eigenvalue weighted by Gasteiger charge is -2.26. The van der Waals surface area contributed by atoms with Crippen molar-refractivity contribution in [2.45, 2.75) is 6.42 Å². The van der Waals surface area contributed by atoms with Crippen LogP contribution in [-0.4, -0.2) is 50.3 Å². The number of urea groups is 1. The minimum Gasteiger partial charge on any atom is -0.379 e. The van der Waals surface area contributed by atoms with Crippen LogP contribution in [0.25, 0.3) is 0 Å². The van der Waals surface area contributed by atoms with E-state index in [4.69, 9.17) is 27.9 Å². The second-order valence-corrected chi connectivity index (χ2v) is 5.60. The zero-order valence-electron chi connectivity index (χ0n) is 11.7. The Hall–Kier alpha value is -1.01. The number of benzene rings is 1. The fourth-order valence-corrected chi connectivity index (χ4v) is 2.60. The minimum atomic E-state index is -0.299. The van der Waals surface area contributed by atoms with Crippen molar-refractivity contribution in [1.29, 1.82) is 0 Å². The number of carbonyl (C=O) groups is 1. The molecule has 0 aliphatic carbocycles. The molecule has 1 aliphatic rings. The number of morpholine rings is 1. The second kappa shape index (κ2) is 8.44. The maximum Gasteiger partial charge on any atom is 0.319 e. The van der Waals surface area contributed by atoms with Crippen LogP contribution in [0.15, 0.2) is 18.2 Å². The van der Waals surface area contributed by atoms with Crippen molar-refractivity contribution in [3.05, 3.63) is 28.2 Å². The molecule has 116 valence electrons. The summed E-state index contributed by atoms with van der Waals surface area (Å²) in [5.41, 5.74) is 0.437. The maximum absolute atomic E-state index is 11.8. The highest BCUT2D eigenvalue weighted by Gasteiger charge is 2.11. The summed E-state index contributed by atoms with van der Waals surface area (Å²) in [6.45, 7) is 5.06. The third-order valence-corrected chi connectivity index (χ3v) is 3.87. The van der Waals surface area contributed by atoms with E-state index in [1.165, 1.54) is 0 Å². The average Bonchev–Trinajstić information content (AvgIpc) is 2.49. The number of nitrogens with zero attached hydrogens (tertiary/aromatic N) is 1. The number of amides is 2.